The van der Waals surface area contributed by atoms with E-state index in [0.717, 1.165) is 22.4 Å². The molecule has 2 aromatic heterocycles. The third-order valence-electron chi connectivity index (χ3n) is 4.97. The fraction of sp³-hybridized carbons (Fsp3) is 0. The van der Waals surface area contributed by atoms with Crippen molar-refractivity contribution in [2.75, 3.05) is 0 Å². The molecule has 2 heterocycles. The molecule has 154 valence electrons. The minimum Gasteiger partial charge on any atom is -0.305 e. The molecule has 0 aliphatic rings. The molecule has 4 aromatic carbocycles. The average Bonchev–Trinajstić information content (AvgIpc) is 3.25. The first-order valence-corrected chi connectivity index (χ1v) is 10.9. The summed E-state index contributed by atoms with van der Waals surface area (Å²) in [5.74, 6) is 0. The van der Waals surface area contributed by atoms with Gasteiger partial charge in [-0.25, -0.2) is 11.1 Å². The van der Waals surface area contributed by atoms with Crippen LogP contribution in [0.5, 0.6) is 0 Å². The van der Waals surface area contributed by atoms with Gasteiger partial charge in [0.2, 0.25) is 0 Å². The molecule has 6 aromatic rings. The van der Waals surface area contributed by atoms with Gasteiger partial charge in [-0.2, -0.15) is 47.7 Å². The summed E-state index contributed by atoms with van der Waals surface area (Å²) in [6.45, 7) is 0. The van der Waals surface area contributed by atoms with Gasteiger partial charge in [0.15, 0.2) is 0 Å². The number of hydrogen-bond donors (Lipinski definition) is 0. The predicted octanol–water partition coefficient (Wildman–Crippen LogP) is 7.87. The molecule has 0 aliphatic heterocycles. The van der Waals surface area contributed by atoms with E-state index in [0.29, 0.717) is 0 Å². The minimum atomic E-state index is 0. The second-order valence-corrected chi connectivity index (χ2v) is 8.01. The summed E-state index contributed by atoms with van der Waals surface area (Å²) in [5.41, 5.74) is 4.27. The number of nitrogens with zero attached hydrogens (tertiary/aromatic N) is 1. The van der Waals surface area contributed by atoms with E-state index >= 15 is 0 Å². The Balaban J connectivity index is 0.000000164. The fourth-order valence-electron chi connectivity index (χ4n) is 3.51. The molecule has 0 saturated heterocycles. The van der Waals surface area contributed by atoms with Gasteiger partial charge in [-0.3, -0.25) is 0 Å². The van der Waals surface area contributed by atoms with Crippen LogP contribution in [0.2, 0.25) is 0 Å². The van der Waals surface area contributed by atoms with Crippen molar-refractivity contribution in [1.82, 2.24) is 4.98 Å². The summed E-state index contributed by atoms with van der Waals surface area (Å²) in [6.07, 6.45) is 1.79. The van der Waals surface area contributed by atoms with E-state index in [1.807, 2.05) is 78.1 Å². The zero-order chi connectivity index (χ0) is 20.9. The summed E-state index contributed by atoms with van der Waals surface area (Å²) in [5, 5.41) is 2.64. The van der Waals surface area contributed by atoms with Gasteiger partial charge in [-0.05, 0) is 23.2 Å². The quantitative estimate of drug-likeness (QED) is 0.183. The molecule has 0 amide bonds. The molecule has 0 spiro atoms. The van der Waals surface area contributed by atoms with Gasteiger partial charge in [0, 0.05) is 10.9 Å². The van der Waals surface area contributed by atoms with E-state index in [2.05, 4.69) is 59.6 Å². The number of benzene rings is 4. The molecular weight excluding hydrogens is 587 g/mol. The second-order valence-electron chi connectivity index (χ2n) is 6.96. The molecule has 0 saturated carbocycles. The Bertz CT molecular complexity index is 1370. The number of thiophene rings is 1. The van der Waals surface area contributed by atoms with Gasteiger partial charge < -0.3 is 4.98 Å². The van der Waals surface area contributed by atoms with Crippen LogP contribution in [0.15, 0.2) is 109 Å². The molecule has 0 bridgehead atoms. The molecule has 1 nitrogen and oxygen atoms in total. The Morgan fingerprint density at radius 1 is 0.594 bits per heavy atom. The number of pyridine rings is 1. The minimum absolute atomic E-state index is 0. The van der Waals surface area contributed by atoms with Crippen LogP contribution in [0.1, 0.15) is 0 Å². The summed E-state index contributed by atoms with van der Waals surface area (Å²) in [6, 6.07) is 44.3. The van der Waals surface area contributed by atoms with Gasteiger partial charge in [-0.15, -0.1) is 48.0 Å². The molecule has 3 heteroatoms. The van der Waals surface area contributed by atoms with Gasteiger partial charge in [0.05, 0.1) is 0 Å². The first-order chi connectivity index (χ1) is 15.4. The van der Waals surface area contributed by atoms with Crippen molar-refractivity contribution in [2.45, 2.75) is 0 Å². The molecule has 0 unspecified atom stereocenters. The second kappa shape index (κ2) is 10.5. The van der Waals surface area contributed by atoms with E-state index < -0.39 is 0 Å². The molecule has 0 N–H and O–H groups in total. The van der Waals surface area contributed by atoms with Gasteiger partial charge in [0.1, 0.15) is 0 Å². The van der Waals surface area contributed by atoms with Crippen molar-refractivity contribution >= 4 is 31.5 Å². The molecule has 0 radical (unpaired) electrons. The number of fused-ring (bicyclic) bond motifs is 3. The van der Waals surface area contributed by atoms with E-state index in [9.17, 15) is 0 Å². The van der Waals surface area contributed by atoms with Crippen LogP contribution in [-0.2, 0) is 20.1 Å². The van der Waals surface area contributed by atoms with Crippen molar-refractivity contribution in [3.8, 4) is 22.4 Å². The van der Waals surface area contributed by atoms with Crippen molar-refractivity contribution < 1.29 is 20.1 Å². The van der Waals surface area contributed by atoms with Crippen molar-refractivity contribution in [3.05, 3.63) is 128 Å². The average molecular weight is 605 g/mol. The molecule has 32 heavy (non-hydrogen) atoms. The van der Waals surface area contributed by atoms with E-state index in [1.54, 1.807) is 6.20 Å². The Labute approximate surface area is 205 Å². The fourth-order valence-corrected chi connectivity index (χ4v) is 4.73. The van der Waals surface area contributed by atoms with Gasteiger partial charge in [0.25, 0.3) is 0 Å². The Hall–Kier alpha value is -3.10. The van der Waals surface area contributed by atoms with Crippen molar-refractivity contribution in [3.63, 3.8) is 0 Å². The maximum atomic E-state index is 4.22. The topological polar surface area (TPSA) is 12.9 Å². The first-order valence-electron chi connectivity index (χ1n) is 10.1. The van der Waals surface area contributed by atoms with E-state index in [-0.39, 0.29) is 20.1 Å². The Morgan fingerprint density at radius 3 is 2.03 bits per heavy atom. The predicted molar refractivity (Wildman–Crippen MR) is 131 cm³/mol. The summed E-state index contributed by atoms with van der Waals surface area (Å²) in [4.78, 5) is 4.22. The summed E-state index contributed by atoms with van der Waals surface area (Å²) >= 11 is 1.83. The van der Waals surface area contributed by atoms with Crippen LogP contribution in [0.3, 0.4) is 0 Å². The molecule has 0 atom stereocenters. The van der Waals surface area contributed by atoms with Crippen LogP contribution in [0.4, 0.5) is 0 Å². The third-order valence-corrected chi connectivity index (χ3v) is 6.17. The smallest absolute Gasteiger partial charge is 0.305 e. The largest absolute Gasteiger partial charge is 3.00 e. The van der Waals surface area contributed by atoms with Crippen LogP contribution >= 0.6 is 11.3 Å². The van der Waals surface area contributed by atoms with Crippen LogP contribution in [-0.4, -0.2) is 4.98 Å². The third kappa shape index (κ3) is 4.71. The molecular formula is C29H18IrNS. The maximum absolute atomic E-state index is 4.22. The maximum Gasteiger partial charge on any atom is 3.00 e. The number of rotatable bonds is 2. The standard InChI is InChI=1S/C18H10S.C11H8N.Ir/c1-2-7-13(8-3-1)14-10-6-11-16-15-9-4-5-12-17(15)19-18(14)16;1-2-6-10(7-3-1)11-8-4-5-9-12-11;/h1-7,9,11-12H;1-6,8-9H;/q-2;-1;+3. The molecule has 6 rings (SSSR count). The first kappa shape index (κ1) is 22.1. The van der Waals surface area contributed by atoms with Gasteiger partial charge >= 0.3 is 20.1 Å². The summed E-state index contributed by atoms with van der Waals surface area (Å²) < 4.78 is 2.63. The molecule has 0 aliphatic carbocycles. The van der Waals surface area contributed by atoms with Crippen LogP contribution in [0, 0.1) is 18.2 Å². The number of hydrogen-bond acceptors (Lipinski definition) is 2. The van der Waals surface area contributed by atoms with E-state index in [4.69, 9.17) is 0 Å². The monoisotopic (exact) mass is 605 g/mol. The summed E-state index contributed by atoms with van der Waals surface area (Å²) in [7, 11) is 0. The van der Waals surface area contributed by atoms with E-state index in [1.165, 1.54) is 20.2 Å². The van der Waals surface area contributed by atoms with Crippen LogP contribution in [0.25, 0.3) is 42.6 Å². The number of aromatic nitrogens is 1. The Morgan fingerprint density at radius 2 is 1.31 bits per heavy atom. The normalized spacial score (nSPS) is 10.2. The zero-order valence-electron chi connectivity index (χ0n) is 17.1. The SMILES string of the molecule is [Ir+3].[c-]1ccccc1-c1[c-]ccc2c1sc1ccccc12.[c-]1ccccc1-c1ccccn1. The Kier molecular flexibility index (Phi) is 7.24. The van der Waals surface area contributed by atoms with Crippen molar-refractivity contribution in [2.24, 2.45) is 0 Å². The van der Waals surface area contributed by atoms with Crippen LogP contribution < -0.4 is 0 Å². The van der Waals surface area contributed by atoms with Gasteiger partial charge in [-0.1, -0.05) is 40.4 Å². The van der Waals surface area contributed by atoms with Crippen molar-refractivity contribution in [1.29, 1.82) is 0 Å². The zero-order valence-corrected chi connectivity index (χ0v) is 20.3. The molecule has 0 fully saturated rings.